The molecule has 0 bridgehead atoms. The molecule has 0 spiro atoms. The van der Waals surface area contributed by atoms with Gasteiger partial charge in [0.15, 0.2) is 4.77 Å². The van der Waals surface area contributed by atoms with E-state index in [1.807, 2.05) is 0 Å². The van der Waals surface area contributed by atoms with Gasteiger partial charge in [-0.15, -0.1) is 0 Å². The molecule has 2 rings (SSSR count). The van der Waals surface area contributed by atoms with Crippen LogP contribution in [0.3, 0.4) is 0 Å². The Balaban J connectivity index is 0.00000392. The molecule has 1 saturated heterocycles. The van der Waals surface area contributed by atoms with Crippen LogP contribution in [0.2, 0.25) is 0 Å². The zero-order chi connectivity index (χ0) is 20.5. The Morgan fingerprint density at radius 3 is 1.93 bits per heavy atom. The van der Waals surface area contributed by atoms with Crippen molar-refractivity contribution in [2.45, 2.75) is 7.43 Å². The number of urea groups is 1. The largest absolute Gasteiger partial charge is 0.494 e. The van der Waals surface area contributed by atoms with Gasteiger partial charge in [0.2, 0.25) is 5.88 Å². The van der Waals surface area contributed by atoms with E-state index in [1.54, 1.807) is 0 Å². The molecule has 2 heterocycles. The minimum atomic E-state index is -0.699. The second-order valence-corrected chi connectivity index (χ2v) is 6.14. The van der Waals surface area contributed by atoms with Gasteiger partial charge in [0.25, 0.3) is 17.4 Å². The van der Waals surface area contributed by atoms with Crippen molar-refractivity contribution in [3.8, 4) is 5.88 Å². The number of carbonyl (C=O) groups excluding carboxylic acids is 3. The van der Waals surface area contributed by atoms with Crippen LogP contribution >= 0.6 is 12.2 Å². The Morgan fingerprint density at radius 1 is 0.857 bits per heavy atom. The van der Waals surface area contributed by atoms with Gasteiger partial charge in [-0.25, -0.2) is 4.79 Å². The van der Waals surface area contributed by atoms with Crippen LogP contribution in [0.1, 0.15) is 13.0 Å². The summed E-state index contributed by atoms with van der Waals surface area (Å²) < 4.78 is 2.69. The molecule has 0 radical (unpaired) electrons. The molecule has 0 saturated carbocycles. The molecule has 1 fully saturated rings. The molecular formula is C18H22N4O5S. The molecule has 1 aromatic rings. The van der Waals surface area contributed by atoms with Gasteiger partial charge < -0.3 is 5.11 Å². The zero-order valence-electron chi connectivity index (χ0n) is 15.2. The number of aromatic nitrogens is 2. The van der Waals surface area contributed by atoms with Crippen LogP contribution in [0.25, 0.3) is 6.08 Å². The second-order valence-electron chi connectivity index (χ2n) is 5.78. The zero-order valence-corrected chi connectivity index (χ0v) is 16.0. The molecule has 0 aromatic carbocycles. The molecule has 9 nitrogen and oxygen atoms in total. The van der Waals surface area contributed by atoms with Crippen molar-refractivity contribution in [1.82, 2.24) is 18.9 Å². The van der Waals surface area contributed by atoms with Crippen LogP contribution in [0.5, 0.6) is 5.88 Å². The van der Waals surface area contributed by atoms with E-state index >= 15 is 0 Å². The molecular weight excluding hydrogens is 384 g/mol. The van der Waals surface area contributed by atoms with Crippen LogP contribution < -0.4 is 5.56 Å². The summed E-state index contributed by atoms with van der Waals surface area (Å²) in [6, 6.07) is -0.699. The lowest BCUT2D eigenvalue weighted by atomic mass is 10.1. The monoisotopic (exact) mass is 406 g/mol. The quantitative estimate of drug-likeness (QED) is 0.352. The minimum Gasteiger partial charge on any atom is -0.494 e. The van der Waals surface area contributed by atoms with E-state index in [9.17, 15) is 24.3 Å². The molecule has 150 valence electrons. The first kappa shape index (κ1) is 22.8. The number of hydrogen-bond donors (Lipinski definition) is 1. The molecule has 1 aromatic heterocycles. The Hall–Kier alpha value is -3.27. The minimum absolute atomic E-state index is 0. The number of aromatic hydroxyl groups is 1. The fourth-order valence-electron chi connectivity index (χ4n) is 2.37. The van der Waals surface area contributed by atoms with Gasteiger partial charge in [-0.2, -0.15) is 0 Å². The standard InChI is InChI=1S/C17H18N4O5S.CH4/c1-18-12(22)10(13(23)19(2)16(18)26)8-6-5-7-9-11-14(24)20(3)17(27)21(4)15(11)25;/h5-9,24H,1-4H3;1H4. The summed E-state index contributed by atoms with van der Waals surface area (Å²) in [5.41, 5.74) is -0.580. The molecule has 0 atom stereocenters. The maximum Gasteiger partial charge on any atom is 0.333 e. The van der Waals surface area contributed by atoms with Gasteiger partial charge >= 0.3 is 6.03 Å². The van der Waals surface area contributed by atoms with Crippen molar-refractivity contribution in [2.75, 3.05) is 14.1 Å². The van der Waals surface area contributed by atoms with Gasteiger partial charge in [0, 0.05) is 28.2 Å². The summed E-state index contributed by atoms with van der Waals surface area (Å²) in [6.45, 7) is 0. The number of rotatable bonds is 3. The highest BCUT2D eigenvalue weighted by molar-refractivity contribution is 7.71. The maximum absolute atomic E-state index is 12.2. The van der Waals surface area contributed by atoms with E-state index in [4.69, 9.17) is 12.2 Å². The Kier molecular flexibility index (Phi) is 7.00. The van der Waals surface area contributed by atoms with Gasteiger partial charge in [-0.1, -0.05) is 25.7 Å². The van der Waals surface area contributed by atoms with Crippen molar-refractivity contribution in [1.29, 1.82) is 0 Å². The lowest BCUT2D eigenvalue weighted by Crippen LogP contribution is -2.52. The third-order valence-electron chi connectivity index (χ3n) is 4.06. The summed E-state index contributed by atoms with van der Waals surface area (Å²) in [7, 11) is 5.60. The average molecular weight is 406 g/mol. The summed E-state index contributed by atoms with van der Waals surface area (Å²) in [4.78, 5) is 49.5. The number of likely N-dealkylation sites (N-methyl/N-ethyl adjacent to an activating group) is 2. The van der Waals surface area contributed by atoms with Crippen molar-refractivity contribution in [2.24, 2.45) is 14.1 Å². The third kappa shape index (κ3) is 3.86. The number of carbonyl (C=O) groups is 3. The summed E-state index contributed by atoms with van der Waals surface area (Å²) in [5.74, 6) is -1.67. The van der Waals surface area contributed by atoms with E-state index in [0.29, 0.717) is 0 Å². The second kappa shape index (κ2) is 8.61. The molecule has 1 aliphatic rings. The van der Waals surface area contributed by atoms with Crippen molar-refractivity contribution in [3.05, 3.63) is 50.6 Å². The van der Waals surface area contributed by atoms with Crippen molar-refractivity contribution >= 4 is 36.1 Å². The van der Waals surface area contributed by atoms with Crippen LogP contribution in [-0.2, 0) is 23.7 Å². The van der Waals surface area contributed by atoms with Crippen molar-refractivity contribution < 1.29 is 19.5 Å². The van der Waals surface area contributed by atoms with E-state index in [1.165, 1.54) is 67.7 Å². The first-order chi connectivity index (χ1) is 12.6. The summed E-state index contributed by atoms with van der Waals surface area (Å²) >= 11 is 5.03. The number of imide groups is 2. The van der Waals surface area contributed by atoms with E-state index < -0.39 is 23.4 Å². The van der Waals surface area contributed by atoms with E-state index in [2.05, 4.69) is 0 Å². The van der Waals surface area contributed by atoms with Gasteiger partial charge in [-0.3, -0.25) is 33.3 Å². The fraction of sp³-hybridized carbons (Fsp3) is 0.278. The Bertz CT molecular complexity index is 1020. The Morgan fingerprint density at radius 2 is 1.39 bits per heavy atom. The van der Waals surface area contributed by atoms with Gasteiger partial charge in [0.1, 0.15) is 11.1 Å². The van der Waals surface area contributed by atoms with E-state index in [0.717, 1.165) is 9.80 Å². The number of nitrogens with zero attached hydrogens (tertiary/aromatic N) is 4. The van der Waals surface area contributed by atoms with E-state index in [-0.39, 0.29) is 29.2 Å². The molecule has 0 unspecified atom stereocenters. The smallest absolute Gasteiger partial charge is 0.333 e. The highest BCUT2D eigenvalue weighted by Crippen LogP contribution is 2.15. The number of hydrogen-bond acceptors (Lipinski definition) is 6. The lowest BCUT2D eigenvalue weighted by Gasteiger charge is -2.28. The fourth-order valence-corrected chi connectivity index (χ4v) is 2.54. The molecule has 4 amide bonds. The van der Waals surface area contributed by atoms with Crippen molar-refractivity contribution in [3.63, 3.8) is 0 Å². The number of allylic oxidation sites excluding steroid dienone is 4. The topological polar surface area (TPSA) is 105 Å². The lowest BCUT2D eigenvalue weighted by molar-refractivity contribution is -0.134. The predicted molar refractivity (Wildman–Crippen MR) is 107 cm³/mol. The van der Waals surface area contributed by atoms with Crippen LogP contribution in [0.4, 0.5) is 4.79 Å². The molecule has 0 aliphatic carbocycles. The molecule has 28 heavy (non-hydrogen) atoms. The average Bonchev–Trinajstić information content (AvgIpc) is 2.66. The maximum atomic E-state index is 12.2. The molecule has 1 aliphatic heterocycles. The predicted octanol–water partition coefficient (Wildman–Crippen LogP) is 1.34. The van der Waals surface area contributed by atoms with Gasteiger partial charge in [0.05, 0.1) is 0 Å². The third-order valence-corrected chi connectivity index (χ3v) is 4.61. The number of amides is 4. The Labute approximate surface area is 167 Å². The summed E-state index contributed by atoms with van der Waals surface area (Å²) in [5, 5.41) is 10.1. The van der Waals surface area contributed by atoms with Crippen LogP contribution in [-0.4, -0.2) is 56.0 Å². The number of barbiturate groups is 1. The SMILES string of the molecule is C.CN1C(=O)C(=CC=CC=Cc2c(O)n(C)c(=S)n(C)c2=O)C(=O)N(C)C1=O. The van der Waals surface area contributed by atoms with Gasteiger partial charge in [-0.05, 0) is 24.4 Å². The summed E-state index contributed by atoms with van der Waals surface area (Å²) in [6.07, 6.45) is 7.02. The molecule has 1 N–H and O–H groups in total. The first-order valence-corrected chi connectivity index (χ1v) is 8.14. The highest BCUT2D eigenvalue weighted by Gasteiger charge is 2.37. The molecule has 10 heteroatoms. The van der Waals surface area contributed by atoms with Crippen LogP contribution in [0.15, 0.2) is 34.7 Å². The highest BCUT2D eigenvalue weighted by atomic mass is 32.1. The first-order valence-electron chi connectivity index (χ1n) is 7.73. The normalized spacial score (nSPS) is 15.0. The van der Waals surface area contributed by atoms with Crippen LogP contribution in [0, 0.1) is 4.77 Å².